The number of piperidine rings is 1. The first kappa shape index (κ1) is 22.2. The van der Waals surface area contributed by atoms with E-state index in [1.165, 1.54) is 30.3 Å². The second kappa shape index (κ2) is 9.35. The average molecular weight is 455 g/mol. The standard InChI is InChI=1S/C27H30N6O/c1-17(2)33-10-7-19(8-11-33)23-5-4-22(12-18(23)3)31-26-25-20(6-9-30-27(25)34)13-24(32-26)21-14-28-16-29-15-21/h4-6,9,12-17,19H,7-8,10-11H2,1-3H3,(H,30,34)(H,31,32). The van der Waals surface area contributed by atoms with Gasteiger partial charge in [-0.2, -0.15) is 0 Å². The fourth-order valence-corrected chi connectivity index (χ4v) is 4.96. The molecule has 1 saturated heterocycles. The Labute approximate surface area is 199 Å². The highest BCUT2D eigenvalue weighted by Crippen LogP contribution is 2.33. The molecule has 1 fully saturated rings. The van der Waals surface area contributed by atoms with E-state index in [0.29, 0.717) is 28.9 Å². The molecule has 0 radical (unpaired) electrons. The maximum atomic E-state index is 12.7. The fraction of sp³-hybridized carbons (Fsp3) is 0.333. The second-order valence-corrected chi connectivity index (χ2v) is 9.35. The van der Waals surface area contributed by atoms with Crippen LogP contribution in [-0.2, 0) is 0 Å². The van der Waals surface area contributed by atoms with Gasteiger partial charge < -0.3 is 15.2 Å². The van der Waals surface area contributed by atoms with Crippen molar-refractivity contribution in [2.45, 2.75) is 45.6 Å². The summed E-state index contributed by atoms with van der Waals surface area (Å²) >= 11 is 0. The highest BCUT2D eigenvalue weighted by atomic mass is 16.1. The molecule has 0 atom stereocenters. The van der Waals surface area contributed by atoms with Crippen molar-refractivity contribution in [1.82, 2.24) is 24.8 Å². The van der Waals surface area contributed by atoms with Crippen LogP contribution in [0.4, 0.5) is 11.5 Å². The molecule has 0 bridgehead atoms. The molecule has 0 spiro atoms. The Bertz CT molecular complexity index is 1360. The van der Waals surface area contributed by atoms with Gasteiger partial charge in [0.05, 0.1) is 11.1 Å². The molecule has 4 aromatic rings. The predicted molar refractivity (Wildman–Crippen MR) is 137 cm³/mol. The number of fused-ring (bicyclic) bond motifs is 1. The molecule has 0 aliphatic carbocycles. The van der Waals surface area contributed by atoms with E-state index in [0.717, 1.165) is 29.7 Å². The van der Waals surface area contributed by atoms with Crippen LogP contribution >= 0.6 is 0 Å². The molecule has 0 amide bonds. The summed E-state index contributed by atoms with van der Waals surface area (Å²) < 4.78 is 0. The summed E-state index contributed by atoms with van der Waals surface area (Å²) in [5.74, 6) is 1.11. The number of pyridine rings is 2. The first-order valence-corrected chi connectivity index (χ1v) is 11.9. The quantitative estimate of drug-likeness (QED) is 0.440. The molecule has 34 heavy (non-hydrogen) atoms. The molecule has 1 aromatic carbocycles. The number of nitrogens with one attached hydrogen (secondary N) is 2. The molecule has 0 unspecified atom stereocenters. The van der Waals surface area contributed by atoms with Crippen molar-refractivity contribution in [2.75, 3.05) is 18.4 Å². The lowest BCUT2D eigenvalue weighted by atomic mass is 9.86. The van der Waals surface area contributed by atoms with Crippen LogP contribution in [0.1, 0.15) is 43.7 Å². The molecular formula is C27H30N6O. The second-order valence-electron chi connectivity index (χ2n) is 9.35. The number of H-pyrrole nitrogens is 1. The van der Waals surface area contributed by atoms with Gasteiger partial charge in [0.1, 0.15) is 12.1 Å². The summed E-state index contributed by atoms with van der Waals surface area (Å²) in [5.41, 5.74) is 4.94. The van der Waals surface area contributed by atoms with Crippen LogP contribution in [-0.4, -0.2) is 44.0 Å². The zero-order valence-electron chi connectivity index (χ0n) is 19.9. The zero-order chi connectivity index (χ0) is 23.7. The van der Waals surface area contributed by atoms with Crippen molar-refractivity contribution in [3.05, 3.63) is 76.7 Å². The van der Waals surface area contributed by atoms with E-state index in [9.17, 15) is 4.79 Å². The summed E-state index contributed by atoms with van der Waals surface area (Å²) in [6.45, 7) is 9.02. The lowest BCUT2D eigenvalue weighted by Crippen LogP contribution is -2.37. The number of benzene rings is 1. The Balaban J connectivity index is 1.46. The molecular weight excluding hydrogens is 424 g/mol. The van der Waals surface area contributed by atoms with Crippen molar-refractivity contribution in [3.63, 3.8) is 0 Å². The molecule has 1 aliphatic rings. The third-order valence-electron chi connectivity index (χ3n) is 6.84. The van der Waals surface area contributed by atoms with Gasteiger partial charge in [0.25, 0.3) is 5.56 Å². The molecule has 7 heteroatoms. The Morgan fingerprint density at radius 2 is 1.85 bits per heavy atom. The Morgan fingerprint density at radius 3 is 2.56 bits per heavy atom. The number of aromatic amines is 1. The third kappa shape index (κ3) is 4.43. The van der Waals surface area contributed by atoms with E-state index in [4.69, 9.17) is 4.98 Å². The van der Waals surface area contributed by atoms with Crippen LogP contribution in [0.5, 0.6) is 0 Å². The van der Waals surface area contributed by atoms with Crippen LogP contribution in [0.3, 0.4) is 0 Å². The highest BCUT2D eigenvalue weighted by molar-refractivity contribution is 5.95. The van der Waals surface area contributed by atoms with Gasteiger partial charge in [-0.05, 0) is 93.4 Å². The SMILES string of the molecule is Cc1cc(Nc2nc(-c3cncnc3)cc3cc[nH]c(=O)c23)ccc1C1CCN(C(C)C)CC1. The largest absolute Gasteiger partial charge is 0.340 e. The van der Waals surface area contributed by atoms with Crippen LogP contribution in [0.25, 0.3) is 22.0 Å². The predicted octanol–water partition coefficient (Wildman–Crippen LogP) is 5.02. The van der Waals surface area contributed by atoms with Gasteiger partial charge >= 0.3 is 0 Å². The molecule has 7 nitrogen and oxygen atoms in total. The van der Waals surface area contributed by atoms with Crippen molar-refractivity contribution in [3.8, 4) is 11.3 Å². The number of aromatic nitrogens is 4. The van der Waals surface area contributed by atoms with E-state index in [1.807, 2.05) is 12.1 Å². The summed E-state index contributed by atoms with van der Waals surface area (Å²) in [7, 11) is 0. The Kier molecular flexibility index (Phi) is 6.11. The number of hydrogen-bond acceptors (Lipinski definition) is 6. The average Bonchev–Trinajstić information content (AvgIpc) is 2.85. The molecule has 3 aromatic heterocycles. The van der Waals surface area contributed by atoms with Crippen molar-refractivity contribution in [2.24, 2.45) is 0 Å². The van der Waals surface area contributed by atoms with Crippen LogP contribution in [0.2, 0.25) is 0 Å². The van der Waals surface area contributed by atoms with Gasteiger partial charge in [0, 0.05) is 35.9 Å². The smallest absolute Gasteiger partial charge is 0.259 e. The minimum atomic E-state index is -0.173. The van der Waals surface area contributed by atoms with Crippen LogP contribution in [0, 0.1) is 6.92 Å². The van der Waals surface area contributed by atoms with Gasteiger partial charge in [0.2, 0.25) is 0 Å². The summed E-state index contributed by atoms with van der Waals surface area (Å²) in [5, 5.41) is 4.75. The minimum Gasteiger partial charge on any atom is -0.340 e. The topological polar surface area (TPSA) is 86.8 Å². The number of rotatable bonds is 5. The third-order valence-corrected chi connectivity index (χ3v) is 6.84. The van der Waals surface area contributed by atoms with Gasteiger partial charge in [0.15, 0.2) is 0 Å². The Morgan fingerprint density at radius 1 is 1.09 bits per heavy atom. The number of hydrogen-bond donors (Lipinski definition) is 2. The van der Waals surface area contributed by atoms with Crippen molar-refractivity contribution < 1.29 is 0 Å². The summed E-state index contributed by atoms with van der Waals surface area (Å²) in [4.78, 5) is 31.0. The van der Waals surface area contributed by atoms with Gasteiger partial charge in [-0.15, -0.1) is 0 Å². The highest BCUT2D eigenvalue weighted by Gasteiger charge is 2.23. The fourth-order valence-electron chi connectivity index (χ4n) is 4.96. The van der Waals surface area contributed by atoms with Crippen LogP contribution in [0.15, 0.2) is 60.0 Å². The van der Waals surface area contributed by atoms with E-state index in [-0.39, 0.29) is 5.56 Å². The first-order chi connectivity index (χ1) is 16.5. The van der Waals surface area contributed by atoms with Gasteiger partial charge in [-0.25, -0.2) is 15.0 Å². The molecule has 2 N–H and O–H groups in total. The van der Waals surface area contributed by atoms with E-state index < -0.39 is 0 Å². The lowest BCUT2D eigenvalue weighted by Gasteiger charge is -2.35. The zero-order valence-corrected chi connectivity index (χ0v) is 19.9. The molecule has 174 valence electrons. The Hall–Kier alpha value is -3.58. The van der Waals surface area contributed by atoms with E-state index in [1.54, 1.807) is 18.6 Å². The van der Waals surface area contributed by atoms with E-state index in [2.05, 4.69) is 64.1 Å². The number of anilines is 2. The molecule has 1 aliphatic heterocycles. The molecule has 0 saturated carbocycles. The maximum absolute atomic E-state index is 12.7. The monoisotopic (exact) mass is 454 g/mol. The lowest BCUT2D eigenvalue weighted by molar-refractivity contribution is 0.171. The van der Waals surface area contributed by atoms with E-state index >= 15 is 0 Å². The first-order valence-electron chi connectivity index (χ1n) is 11.9. The van der Waals surface area contributed by atoms with Gasteiger partial charge in [-0.1, -0.05) is 6.07 Å². The van der Waals surface area contributed by atoms with Gasteiger partial charge in [-0.3, -0.25) is 4.79 Å². The summed E-state index contributed by atoms with van der Waals surface area (Å²) in [6, 6.07) is 10.9. The number of nitrogens with zero attached hydrogens (tertiary/aromatic N) is 4. The molecule has 4 heterocycles. The van der Waals surface area contributed by atoms with Crippen molar-refractivity contribution in [1.29, 1.82) is 0 Å². The summed E-state index contributed by atoms with van der Waals surface area (Å²) in [6.07, 6.45) is 8.97. The van der Waals surface area contributed by atoms with Crippen molar-refractivity contribution >= 4 is 22.3 Å². The number of aryl methyl sites for hydroxylation is 1. The normalized spacial score (nSPS) is 15.2. The molecule has 5 rings (SSSR count). The van der Waals surface area contributed by atoms with Crippen LogP contribution < -0.4 is 10.9 Å². The number of likely N-dealkylation sites (tertiary alicyclic amines) is 1. The minimum absolute atomic E-state index is 0.173. The maximum Gasteiger partial charge on any atom is 0.259 e.